The summed E-state index contributed by atoms with van der Waals surface area (Å²) < 4.78 is 85.2. The number of pyridine rings is 1. The van der Waals surface area contributed by atoms with E-state index in [1.165, 1.54) is 20.4 Å². The summed E-state index contributed by atoms with van der Waals surface area (Å²) in [5.41, 5.74) is 1.28. The minimum Gasteiger partial charge on any atom is -0.609 e. The molecule has 166 valence electrons. The zero-order chi connectivity index (χ0) is 22.6. The van der Waals surface area contributed by atoms with Gasteiger partial charge in [0.15, 0.2) is 28.8 Å². The molecule has 0 fully saturated rings. The molecule has 1 unspecified atom stereocenters. The molecule has 2 aromatic heterocycles. The maximum Gasteiger partial charge on any atom is 0.507 e. The van der Waals surface area contributed by atoms with Crippen molar-refractivity contribution < 1.29 is 41.1 Å². The van der Waals surface area contributed by atoms with E-state index in [1.54, 1.807) is 6.92 Å². The number of nitrogens with zero attached hydrogens (tertiary/aromatic N) is 2. The first-order chi connectivity index (χ1) is 14.6. The number of alkyl halides is 4. The third-order valence-corrected chi connectivity index (χ3v) is 5.63. The molecule has 31 heavy (non-hydrogen) atoms. The Bertz CT molecular complexity index is 1100. The van der Waals surface area contributed by atoms with Gasteiger partial charge < -0.3 is 23.5 Å². The number of imidazole rings is 1. The fourth-order valence-electron chi connectivity index (χ4n) is 3.02. The highest BCUT2D eigenvalue weighted by atomic mass is 32.2. The Labute approximate surface area is 175 Å². The van der Waals surface area contributed by atoms with Gasteiger partial charge in [-0.2, -0.15) is 22.5 Å². The second-order valence-corrected chi connectivity index (χ2v) is 7.91. The lowest BCUT2D eigenvalue weighted by Gasteiger charge is -2.31. The molecule has 4 rings (SSSR count). The van der Waals surface area contributed by atoms with Crippen LogP contribution in [0.5, 0.6) is 23.0 Å². The molecule has 0 amide bonds. The molecule has 0 saturated heterocycles. The van der Waals surface area contributed by atoms with Crippen LogP contribution >= 0.6 is 0 Å². The van der Waals surface area contributed by atoms with Crippen molar-refractivity contribution in [2.75, 3.05) is 14.2 Å². The van der Waals surface area contributed by atoms with Gasteiger partial charge in [0.1, 0.15) is 5.69 Å². The van der Waals surface area contributed by atoms with Crippen LogP contribution in [0.4, 0.5) is 17.6 Å². The van der Waals surface area contributed by atoms with Crippen molar-refractivity contribution >= 4 is 22.2 Å². The van der Waals surface area contributed by atoms with Gasteiger partial charge in [0.2, 0.25) is 0 Å². The quantitative estimate of drug-likeness (QED) is 0.458. The average molecular weight is 461 g/mol. The Morgan fingerprint density at radius 1 is 1.06 bits per heavy atom. The molecule has 0 radical (unpaired) electrons. The van der Waals surface area contributed by atoms with Crippen LogP contribution in [0.1, 0.15) is 11.3 Å². The van der Waals surface area contributed by atoms with E-state index in [0.717, 1.165) is 17.7 Å². The Kier molecular flexibility index (Phi) is 5.04. The number of benzene rings is 1. The second-order valence-electron chi connectivity index (χ2n) is 6.54. The fraction of sp³-hybridized carbons (Fsp3) is 0.333. The lowest BCUT2D eigenvalue weighted by molar-refractivity contribution is -0.391. The number of rotatable bonds is 5. The minimum absolute atomic E-state index is 0.0285. The number of aromatic nitrogens is 3. The maximum absolute atomic E-state index is 13.4. The van der Waals surface area contributed by atoms with Gasteiger partial charge in [-0.3, -0.25) is 9.97 Å². The van der Waals surface area contributed by atoms with Gasteiger partial charge in [-0.15, -0.1) is 0 Å². The molecule has 0 saturated carbocycles. The molecule has 3 heterocycles. The van der Waals surface area contributed by atoms with Crippen LogP contribution in [0.3, 0.4) is 0 Å². The van der Waals surface area contributed by atoms with Gasteiger partial charge in [0.05, 0.1) is 25.3 Å². The van der Waals surface area contributed by atoms with Crippen LogP contribution in [0, 0.1) is 6.92 Å². The van der Waals surface area contributed by atoms with Crippen LogP contribution in [-0.2, 0) is 16.9 Å². The summed E-state index contributed by atoms with van der Waals surface area (Å²) >= 11 is -1.77. The minimum atomic E-state index is -4.84. The van der Waals surface area contributed by atoms with Crippen molar-refractivity contribution in [3.8, 4) is 23.0 Å². The second kappa shape index (κ2) is 7.34. The molecule has 0 spiro atoms. The molecule has 1 aromatic carbocycles. The molecule has 1 aliphatic heterocycles. The van der Waals surface area contributed by atoms with Crippen LogP contribution < -0.4 is 18.9 Å². The lowest BCUT2D eigenvalue weighted by Crippen LogP contribution is -2.52. The number of hydrogen-bond donors (Lipinski definition) is 1. The molecule has 0 aliphatic carbocycles. The van der Waals surface area contributed by atoms with Gasteiger partial charge in [-0.25, -0.2) is 0 Å². The predicted octanol–water partition coefficient (Wildman–Crippen LogP) is 3.55. The summed E-state index contributed by atoms with van der Waals surface area (Å²) in [6.07, 6.45) is -8.15. The molecular formula is C18H15F4N3O5S. The smallest absolute Gasteiger partial charge is 0.507 e. The number of hydrogen-bond acceptors (Lipinski definition) is 7. The highest BCUT2D eigenvalue weighted by Crippen LogP contribution is 2.48. The summed E-state index contributed by atoms with van der Waals surface area (Å²) in [5.74, 6) is -0.566. The van der Waals surface area contributed by atoms with E-state index in [0.29, 0.717) is 17.2 Å². The zero-order valence-corrected chi connectivity index (χ0v) is 17.1. The molecule has 3 aromatic rings. The van der Waals surface area contributed by atoms with Crippen molar-refractivity contribution in [2.45, 2.75) is 30.1 Å². The topological polar surface area (TPSA) is 102 Å². The van der Waals surface area contributed by atoms with E-state index < -0.39 is 34.9 Å². The summed E-state index contributed by atoms with van der Waals surface area (Å²) in [6, 6.07) is 2.02. The first-order valence-electron chi connectivity index (χ1n) is 8.68. The van der Waals surface area contributed by atoms with Crippen LogP contribution in [0.2, 0.25) is 0 Å². The number of H-pyrrole nitrogens is 1. The largest absolute Gasteiger partial charge is 0.609 e. The number of aromatic amines is 1. The third kappa shape index (κ3) is 3.57. The lowest BCUT2D eigenvalue weighted by atomic mass is 10.2. The highest BCUT2D eigenvalue weighted by molar-refractivity contribution is 7.90. The number of ether oxygens (including phenoxy) is 4. The van der Waals surface area contributed by atoms with Gasteiger partial charge in [-0.1, -0.05) is 0 Å². The standard InChI is InChI=1S/C18H15F4N3O5S/c1-8-6-23-11(15(28-3)14(8)27-2)7-31(26)16-24-9-4-12-13(5-10(9)25-16)30-18(21,22)17(19,20)29-12/h4-6H,7H2,1-3H3,(H,24,25). The number of aryl methyl sites for hydroxylation is 1. The Morgan fingerprint density at radius 3 is 2.29 bits per heavy atom. The fourth-order valence-corrected chi connectivity index (χ4v) is 4.03. The third-order valence-electron chi connectivity index (χ3n) is 4.47. The number of nitrogens with one attached hydrogen (secondary N) is 1. The number of methoxy groups -OCH3 is 2. The molecule has 1 N–H and O–H groups in total. The Hall–Kier alpha value is -2.93. The van der Waals surface area contributed by atoms with E-state index in [9.17, 15) is 22.1 Å². The molecule has 1 aliphatic rings. The first-order valence-corrected chi connectivity index (χ1v) is 10.0. The van der Waals surface area contributed by atoms with Crippen molar-refractivity contribution in [2.24, 2.45) is 0 Å². The summed E-state index contributed by atoms with van der Waals surface area (Å²) in [5, 5.41) is -0.0285. The van der Waals surface area contributed by atoms with E-state index >= 15 is 0 Å². The first kappa shape index (κ1) is 21.3. The van der Waals surface area contributed by atoms with Crippen molar-refractivity contribution in [1.29, 1.82) is 0 Å². The van der Waals surface area contributed by atoms with E-state index in [1.807, 2.05) is 0 Å². The van der Waals surface area contributed by atoms with E-state index in [-0.39, 0.29) is 21.9 Å². The van der Waals surface area contributed by atoms with E-state index in [4.69, 9.17) is 9.47 Å². The van der Waals surface area contributed by atoms with Crippen molar-refractivity contribution in [1.82, 2.24) is 15.0 Å². The molecule has 1 atom stereocenters. The predicted molar refractivity (Wildman–Crippen MR) is 99.4 cm³/mol. The van der Waals surface area contributed by atoms with Gasteiger partial charge in [0, 0.05) is 35.1 Å². The molecular weight excluding hydrogens is 446 g/mol. The van der Waals surface area contributed by atoms with Crippen molar-refractivity contribution in [3.05, 3.63) is 29.6 Å². The van der Waals surface area contributed by atoms with E-state index in [2.05, 4.69) is 24.4 Å². The Balaban J connectivity index is 1.66. The van der Waals surface area contributed by atoms with Crippen molar-refractivity contribution in [3.63, 3.8) is 0 Å². The van der Waals surface area contributed by atoms with Gasteiger partial charge in [-0.05, 0) is 6.92 Å². The number of fused-ring (bicyclic) bond motifs is 2. The zero-order valence-electron chi connectivity index (χ0n) is 16.3. The summed E-state index contributed by atoms with van der Waals surface area (Å²) in [6.45, 7) is 1.77. The number of halogens is 4. The Morgan fingerprint density at radius 2 is 1.68 bits per heavy atom. The average Bonchev–Trinajstić information content (AvgIpc) is 3.10. The van der Waals surface area contributed by atoms with Crippen LogP contribution in [-0.4, -0.2) is 45.9 Å². The van der Waals surface area contributed by atoms with Crippen LogP contribution in [0.15, 0.2) is 23.5 Å². The summed E-state index contributed by atoms with van der Waals surface area (Å²) in [7, 11) is 2.88. The van der Waals surface area contributed by atoms with Gasteiger partial charge >= 0.3 is 17.4 Å². The monoisotopic (exact) mass is 461 g/mol. The SMILES string of the molecule is COc1c(C)cnc(C[S+]([O-])c2nc3cc4c(cc3[nH]2)OC(F)(F)C(F)(F)O4)c1OC. The maximum atomic E-state index is 13.4. The summed E-state index contributed by atoms with van der Waals surface area (Å²) in [4.78, 5) is 11.0. The normalized spacial score (nSPS) is 17.4. The molecule has 0 bridgehead atoms. The molecule has 13 heteroatoms. The van der Waals surface area contributed by atoms with Gasteiger partial charge in [0.25, 0.3) is 0 Å². The molecule has 8 nitrogen and oxygen atoms in total. The highest BCUT2D eigenvalue weighted by Gasteiger charge is 2.66. The van der Waals surface area contributed by atoms with Crippen LogP contribution in [0.25, 0.3) is 11.0 Å².